The standard InChI is InChI=1S/C16H14F3NO/c1-10-6-11(2)8-12(7-10)15(21)20-14-5-3-4-13(9-14)16(17,18)19/h3-9H,1-2H3,(H,20,21). The number of alkyl halides is 3. The molecule has 0 aromatic heterocycles. The molecule has 2 rings (SSSR count). The number of aryl methyl sites for hydroxylation is 2. The van der Waals surface area contributed by atoms with Crippen molar-refractivity contribution in [2.75, 3.05) is 5.32 Å². The molecule has 0 aliphatic carbocycles. The number of amides is 1. The molecule has 1 amide bonds. The molecule has 0 unspecified atom stereocenters. The molecule has 5 heteroatoms. The number of halogens is 3. The topological polar surface area (TPSA) is 29.1 Å². The minimum Gasteiger partial charge on any atom is -0.322 e. The maximum absolute atomic E-state index is 12.6. The summed E-state index contributed by atoms with van der Waals surface area (Å²) in [6, 6.07) is 9.87. The number of hydrogen-bond acceptors (Lipinski definition) is 1. The van der Waals surface area contributed by atoms with E-state index in [1.165, 1.54) is 12.1 Å². The number of rotatable bonds is 2. The van der Waals surface area contributed by atoms with Crippen LogP contribution in [0.2, 0.25) is 0 Å². The van der Waals surface area contributed by atoms with Crippen molar-refractivity contribution in [3.05, 3.63) is 64.7 Å². The third kappa shape index (κ3) is 3.84. The van der Waals surface area contributed by atoms with Gasteiger partial charge in [0.2, 0.25) is 0 Å². The molecule has 0 aliphatic heterocycles. The Morgan fingerprint density at radius 2 is 1.62 bits per heavy atom. The summed E-state index contributed by atoms with van der Waals surface area (Å²) in [4.78, 5) is 12.1. The highest BCUT2D eigenvalue weighted by molar-refractivity contribution is 6.04. The molecule has 0 atom stereocenters. The highest BCUT2D eigenvalue weighted by atomic mass is 19.4. The predicted molar refractivity (Wildman–Crippen MR) is 75.3 cm³/mol. The summed E-state index contributed by atoms with van der Waals surface area (Å²) in [5.41, 5.74) is 1.59. The van der Waals surface area contributed by atoms with Gasteiger partial charge in [-0.25, -0.2) is 0 Å². The summed E-state index contributed by atoms with van der Waals surface area (Å²) in [5.74, 6) is -0.430. The number of nitrogens with one attached hydrogen (secondary N) is 1. The summed E-state index contributed by atoms with van der Waals surface area (Å²) in [6.07, 6.45) is -4.43. The van der Waals surface area contributed by atoms with E-state index in [0.717, 1.165) is 23.3 Å². The van der Waals surface area contributed by atoms with Gasteiger partial charge >= 0.3 is 6.18 Å². The van der Waals surface area contributed by atoms with Crippen LogP contribution in [-0.2, 0) is 6.18 Å². The zero-order chi connectivity index (χ0) is 15.6. The highest BCUT2D eigenvalue weighted by Crippen LogP contribution is 2.30. The van der Waals surface area contributed by atoms with Crippen molar-refractivity contribution >= 4 is 11.6 Å². The van der Waals surface area contributed by atoms with Crippen LogP contribution in [-0.4, -0.2) is 5.91 Å². The van der Waals surface area contributed by atoms with Gasteiger partial charge in [-0.05, 0) is 44.2 Å². The van der Waals surface area contributed by atoms with Crippen LogP contribution < -0.4 is 5.32 Å². The molecule has 0 saturated heterocycles. The van der Waals surface area contributed by atoms with Crippen LogP contribution in [0.1, 0.15) is 27.0 Å². The van der Waals surface area contributed by atoms with Crippen LogP contribution in [0.3, 0.4) is 0 Å². The van der Waals surface area contributed by atoms with Gasteiger partial charge in [-0.1, -0.05) is 23.3 Å². The SMILES string of the molecule is Cc1cc(C)cc(C(=O)Nc2cccc(C(F)(F)F)c2)c1. The molecule has 2 aromatic carbocycles. The largest absolute Gasteiger partial charge is 0.416 e. The van der Waals surface area contributed by atoms with Gasteiger partial charge in [-0.15, -0.1) is 0 Å². The molecule has 0 spiro atoms. The number of hydrogen-bond donors (Lipinski definition) is 1. The van der Waals surface area contributed by atoms with Crippen LogP contribution in [0, 0.1) is 13.8 Å². The zero-order valence-corrected chi connectivity index (χ0v) is 11.6. The molecular weight excluding hydrogens is 279 g/mol. The van der Waals surface area contributed by atoms with Gasteiger partial charge in [0.05, 0.1) is 5.56 Å². The minimum atomic E-state index is -4.43. The highest BCUT2D eigenvalue weighted by Gasteiger charge is 2.30. The maximum atomic E-state index is 12.6. The quantitative estimate of drug-likeness (QED) is 0.863. The van der Waals surface area contributed by atoms with Crippen molar-refractivity contribution < 1.29 is 18.0 Å². The van der Waals surface area contributed by atoms with Crippen molar-refractivity contribution in [3.63, 3.8) is 0 Å². The van der Waals surface area contributed by atoms with Gasteiger partial charge in [-0.2, -0.15) is 13.2 Å². The smallest absolute Gasteiger partial charge is 0.322 e. The Bertz CT molecular complexity index is 657. The van der Waals surface area contributed by atoms with E-state index in [2.05, 4.69) is 5.32 Å². The molecule has 2 aromatic rings. The van der Waals surface area contributed by atoms with Gasteiger partial charge in [0.1, 0.15) is 0 Å². The van der Waals surface area contributed by atoms with Gasteiger partial charge < -0.3 is 5.32 Å². The lowest BCUT2D eigenvalue weighted by Gasteiger charge is -2.10. The Kier molecular flexibility index (Phi) is 4.02. The van der Waals surface area contributed by atoms with Crippen molar-refractivity contribution in [2.24, 2.45) is 0 Å². The van der Waals surface area contributed by atoms with E-state index >= 15 is 0 Å². The molecule has 2 nitrogen and oxygen atoms in total. The molecule has 110 valence electrons. The second-order valence-corrected chi connectivity index (χ2v) is 4.91. The number of carbonyl (C=O) groups excluding carboxylic acids is 1. The second kappa shape index (κ2) is 5.60. The predicted octanol–water partition coefficient (Wildman–Crippen LogP) is 4.57. The third-order valence-corrected chi connectivity index (χ3v) is 2.93. The Morgan fingerprint density at radius 1 is 1.00 bits per heavy atom. The van der Waals surface area contributed by atoms with E-state index in [9.17, 15) is 18.0 Å². The summed E-state index contributed by atoms with van der Waals surface area (Å²) in [7, 11) is 0. The van der Waals surface area contributed by atoms with Gasteiger partial charge in [0.25, 0.3) is 5.91 Å². The van der Waals surface area contributed by atoms with E-state index in [1.807, 2.05) is 19.9 Å². The molecule has 0 radical (unpaired) electrons. The van der Waals surface area contributed by atoms with Crippen molar-refractivity contribution in [1.82, 2.24) is 0 Å². The van der Waals surface area contributed by atoms with E-state index in [4.69, 9.17) is 0 Å². The van der Waals surface area contributed by atoms with Crippen molar-refractivity contribution in [2.45, 2.75) is 20.0 Å². The summed E-state index contributed by atoms with van der Waals surface area (Å²) >= 11 is 0. The molecule has 1 N–H and O–H groups in total. The molecule has 0 aliphatic rings. The van der Waals surface area contributed by atoms with Crippen LogP contribution in [0.25, 0.3) is 0 Å². The van der Waals surface area contributed by atoms with Crippen molar-refractivity contribution in [3.8, 4) is 0 Å². The van der Waals surface area contributed by atoms with Gasteiger partial charge in [0, 0.05) is 11.3 Å². The molecular formula is C16H14F3NO. The fraction of sp³-hybridized carbons (Fsp3) is 0.188. The Balaban J connectivity index is 2.23. The lowest BCUT2D eigenvalue weighted by atomic mass is 10.1. The average molecular weight is 293 g/mol. The third-order valence-electron chi connectivity index (χ3n) is 2.93. The Labute approximate surface area is 120 Å². The van der Waals surface area contributed by atoms with Crippen molar-refractivity contribution in [1.29, 1.82) is 0 Å². The lowest BCUT2D eigenvalue weighted by Crippen LogP contribution is -2.13. The minimum absolute atomic E-state index is 0.119. The summed E-state index contributed by atoms with van der Waals surface area (Å²) < 4.78 is 37.9. The van der Waals surface area contributed by atoms with Gasteiger partial charge in [-0.3, -0.25) is 4.79 Å². The Hall–Kier alpha value is -2.30. The van der Waals surface area contributed by atoms with Crippen LogP contribution in [0.4, 0.5) is 18.9 Å². The molecule has 0 saturated carbocycles. The summed E-state index contributed by atoms with van der Waals surface area (Å²) in [6.45, 7) is 3.71. The van der Waals surface area contributed by atoms with Gasteiger partial charge in [0.15, 0.2) is 0 Å². The average Bonchev–Trinajstić information content (AvgIpc) is 2.37. The fourth-order valence-electron chi connectivity index (χ4n) is 2.08. The second-order valence-electron chi connectivity index (χ2n) is 4.91. The summed E-state index contributed by atoms with van der Waals surface area (Å²) in [5, 5.41) is 2.49. The van der Waals surface area contributed by atoms with E-state index in [0.29, 0.717) is 5.56 Å². The van der Waals surface area contributed by atoms with E-state index < -0.39 is 17.6 Å². The van der Waals surface area contributed by atoms with Crippen LogP contribution in [0.5, 0.6) is 0 Å². The maximum Gasteiger partial charge on any atom is 0.416 e. The molecule has 0 fully saturated rings. The first-order valence-corrected chi connectivity index (χ1v) is 6.32. The molecule has 0 bridgehead atoms. The van der Waals surface area contributed by atoms with E-state index in [1.54, 1.807) is 12.1 Å². The molecule has 0 heterocycles. The zero-order valence-electron chi connectivity index (χ0n) is 11.6. The first kappa shape index (κ1) is 15.1. The normalized spacial score (nSPS) is 11.3. The molecule has 21 heavy (non-hydrogen) atoms. The number of benzene rings is 2. The first-order valence-electron chi connectivity index (χ1n) is 6.32. The van der Waals surface area contributed by atoms with Crippen LogP contribution >= 0.6 is 0 Å². The fourth-order valence-corrected chi connectivity index (χ4v) is 2.08. The number of carbonyl (C=O) groups is 1. The monoisotopic (exact) mass is 293 g/mol. The van der Waals surface area contributed by atoms with Crippen LogP contribution in [0.15, 0.2) is 42.5 Å². The lowest BCUT2D eigenvalue weighted by molar-refractivity contribution is -0.137. The first-order chi connectivity index (χ1) is 9.75. The van der Waals surface area contributed by atoms with E-state index in [-0.39, 0.29) is 5.69 Å². The Morgan fingerprint density at radius 3 is 2.19 bits per heavy atom. The number of anilines is 1.